The van der Waals surface area contributed by atoms with E-state index in [4.69, 9.17) is 10.5 Å². The van der Waals surface area contributed by atoms with E-state index in [1.165, 1.54) is 0 Å². The van der Waals surface area contributed by atoms with Gasteiger partial charge in [0.05, 0.1) is 18.9 Å². The highest BCUT2D eigenvalue weighted by Gasteiger charge is 2.11. The summed E-state index contributed by atoms with van der Waals surface area (Å²) in [5.41, 5.74) is 8.91. The molecule has 19 heavy (non-hydrogen) atoms. The number of rotatable bonds is 4. The van der Waals surface area contributed by atoms with E-state index in [-0.39, 0.29) is 0 Å². The summed E-state index contributed by atoms with van der Waals surface area (Å²) in [4.78, 5) is 7.07. The Bertz CT molecular complexity index is 545. The third-order valence-electron chi connectivity index (χ3n) is 3.59. The lowest BCUT2D eigenvalue weighted by atomic mass is 10.3. The molecule has 0 bridgehead atoms. The molecule has 1 fully saturated rings. The fourth-order valence-electron chi connectivity index (χ4n) is 2.43. The molecule has 0 amide bonds. The van der Waals surface area contributed by atoms with Gasteiger partial charge in [-0.25, -0.2) is 4.98 Å². The van der Waals surface area contributed by atoms with Crippen molar-refractivity contribution in [3.05, 3.63) is 35.8 Å². The molecule has 0 atom stereocenters. The second-order valence-corrected chi connectivity index (χ2v) is 4.94. The lowest BCUT2D eigenvalue weighted by molar-refractivity contribution is 0.0383. The summed E-state index contributed by atoms with van der Waals surface area (Å²) in [7, 11) is 0. The van der Waals surface area contributed by atoms with Gasteiger partial charge in [0.2, 0.25) is 0 Å². The lowest BCUT2D eigenvalue weighted by Gasteiger charge is -2.26. The van der Waals surface area contributed by atoms with Gasteiger partial charge in [0, 0.05) is 45.0 Å². The summed E-state index contributed by atoms with van der Waals surface area (Å²) < 4.78 is 7.42. The molecule has 1 saturated heterocycles. The van der Waals surface area contributed by atoms with Gasteiger partial charge >= 0.3 is 0 Å². The number of pyridine rings is 1. The number of fused-ring (bicyclic) bond motifs is 1. The standard InChI is InChI=1S/C14H20N4O/c15-9-12-1-2-14-16-13(11-18(14)10-12)3-4-17-5-7-19-8-6-17/h1-2,10-11H,3-9,15H2. The maximum absolute atomic E-state index is 5.65. The number of nitrogens with zero attached hydrogens (tertiary/aromatic N) is 3. The normalized spacial score (nSPS) is 17.1. The Kier molecular flexibility index (Phi) is 3.77. The first-order valence-corrected chi connectivity index (χ1v) is 6.82. The molecule has 102 valence electrons. The number of hydrogen-bond donors (Lipinski definition) is 1. The SMILES string of the molecule is NCc1ccc2nc(CCN3CCOCC3)cn2c1. The average Bonchev–Trinajstić information content (AvgIpc) is 2.88. The molecule has 1 aliphatic rings. The summed E-state index contributed by atoms with van der Waals surface area (Å²) in [5, 5.41) is 0. The lowest BCUT2D eigenvalue weighted by Crippen LogP contribution is -2.37. The predicted octanol–water partition coefficient (Wildman–Crippen LogP) is 0.668. The van der Waals surface area contributed by atoms with Crippen LogP contribution in [-0.4, -0.2) is 47.1 Å². The number of ether oxygens (including phenoxy) is 1. The molecule has 2 aromatic rings. The minimum atomic E-state index is 0.567. The molecule has 2 N–H and O–H groups in total. The largest absolute Gasteiger partial charge is 0.379 e. The zero-order valence-electron chi connectivity index (χ0n) is 11.1. The van der Waals surface area contributed by atoms with Crippen molar-refractivity contribution in [1.29, 1.82) is 0 Å². The molecule has 0 unspecified atom stereocenters. The average molecular weight is 260 g/mol. The monoisotopic (exact) mass is 260 g/mol. The van der Waals surface area contributed by atoms with Crippen LogP contribution < -0.4 is 5.73 Å². The van der Waals surface area contributed by atoms with Crippen molar-refractivity contribution < 1.29 is 4.74 Å². The minimum absolute atomic E-state index is 0.567. The van der Waals surface area contributed by atoms with E-state index in [9.17, 15) is 0 Å². The molecule has 0 aromatic carbocycles. The van der Waals surface area contributed by atoms with Crippen molar-refractivity contribution in [3.63, 3.8) is 0 Å². The highest BCUT2D eigenvalue weighted by molar-refractivity contribution is 5.41. The van der Waals surface area contributed by atoms with Crippen molar-refractivity contribution in [2.24, 2.45) is 5.73 Å². The van der Waals surface area contributed by atoms with Crippen molar-refractivity contribution in [2.45, 2.75) is 13.0 Å². The molecule has 1 aliphatic heterocycles. The Hall–Kier alpha value is -1.43. The van der Waals surface area contributed by atoms with Crippen LogP contribution >= 0.6 is 0 Å². The maximum Gasteiger partial charge on any atom is 0.136 e. The van der Waals surface area contributed by atoms with Gasteiger partial charge in [0.15, 0.2) is 0 Å². The van der Waals surface area contributed by atoms with Gasteiger partial charge in [-0.3, -0.25) is 4.90 Å². The van der Waals surface area contributed by atoms with E-state index in [1.807, 2.05) is 12.1 Å². The van der Waals surface area contributed by atoms with Gasteiger partial charge in [0.1, 0.15) is 5.65 Å². The van der Waals surface area contributed by atoms with Gasteiger partial charge in [-0.2, -0.15) is 0 Å². The van der Waals surface area contributed by atoms with E-state index in [2.05, 4.69) is 26.7 Å². The third-order valence-corrected chi connectivity index (χ3v) is 3.59. The van der Waals surface area contributed by atoms with Crippen LogP contribution in [0.2, 0.25) is 0 Å². The van der Waals surface area contributed by atoms with Crippen molar-refractivity contribution in [2.75, 3.05) is 32.8 Å². The number of hydrogen-bond acceptors (Lipinski definition) is 4. The van der Waals surface area contributed by atoms with Crippen LogP contribution in [0.3, 0.4) is 0 Å². The summed E-state index contributed by atoms with van der Waals surface area (Å²) in [6.45, 7) is 5.39. The molecule has 0 aliphatic carbocycles. The van der Waals surface area contributed by atoms with Gasteiger partial charge in [-0.1, -0.05) is 6.07 Å². The van der Waals surface area contributed by atoms with Gasteiger partial charge < -0.3 is 14.9 Å². The zero-order chi connectivity index (χ0) is 13.1. The van der Waals surface area contributed by atoms with Crippen LogP contribution in [0.4, 0.5) is 0 Å². The molecular weight excluding hydrogens is 240 g/mol. The summed E-state index contributed by atoms with van der Waals surface area (Å²) >= 11 is 0. The van der Waals surface area contributed by atoms with Crippen molar-refractivity contribution >= 4 is 5.65 Å². The van der Waals surface area contributed by atoms with E-state index in [1.54, 1.807) is 0 Å². The van der Waals surface area contributed by atoms with E-state index >= 15 is 0 Å². The number of imidazole rings is 1. The van der Waals surface area contributed by atoms with Crippen molar-refractivity contribution in [3.8, 4) is 0 Å². The molecule has 5 heteroatoms. The van der Waals surface area contributed by atoms with Crippen LogP contribution in [-0.2, 0) is 17.7 Å². The fourth-order valence-corrected chi connectivity index (χ4v) is 2.43. The Balaban J connectivity index is 1.67. The maximum atomic E-state index is 5.65. The Morgan fingerprint density at radius 1 is 1.21 bits per heavy atom. The van der Waals surface area contributed by atoms with E-state index < -0.39 is 0 Å². The van der Waals surface area contributed by atoms with Gasteiger partial charge in [-0.05, 0) is 11.6 Å². The summed E-state index contributed by atoms with van der Waals surface area (Å²) in [5.74, 6) is 0. The van der Waals surface area contributed by atoms with Crippen LogP contribution in [0, 0.1) is 0 Å². The molecule has 0 saturated carbocycles. The Morgan fingerprint density at radius 2 is 2.05 bits per heavy atom. The second-order valence-electron chi connectivity index (χ2n) is 4.94. The number of nitrogens with two attached hydrogens (primary N) is 1. The van der Waals surface area contributed by atoms with Crippen LogP contribution in [0.5, 0.6) is 0 Å². The third kappa shape index (κ3) is 2.94. The smallest absolute Gasteiger partial charge is 0.136 e. The minimum Gasteiger partial charge on any atom is -0.379 e. The first-order chi connectivity index (χ1) is 9.35. The number of aromatic nitrogens is 2. The first-order valence-electron chi connectivity index (χ1n) is 6.82. The molecule has 3 rings (SSSR count). The summed E-state index contributed by atoms with van der Waals surface area (Å²) in [6, 6.07) is 4.06. The van der Waals surface area contributed by atoms with Gasteiger partial charge in [0.25, 0.3) is 0 Å². The highest BCUT2D eigenvalue weighted by atomic mass is 16.5. The molecule has 5 nitrogen and oxygen atoms in total. The summed E-state index contributed by atoms with van der Waals surface area (Å²) in [6.07, 6.45) is 5.15. The highest BCUT2D eigenvalue weighted by Crippen LogP contribution is 2.09. The topological polar surface area (TPSA) is 55.8 Å². The van der Waals surface area contributed by atoms with E-state index in [0.29, 0.717) is 6.54 Å². The Morgan fingerprint density at radius 3 is 2.84 bits per heavy atom. The van der Waals surface area contributed by atoms with E-state index in [0.717, 1.165) is 56.2 Å². The predicted molar refractivity (Wildman–Crippen MR) is 74.0 cm³/mol. The number of morpholine rings is 1. The van der Waals surface area contributed by atoms with Crippen molar-refractivity contribution in [1.82, 2.24) is 14.3 Å². The Labute approximate surface area is 113 Å². The van der Waals surface area contributed by atoms with Gasteiger partial charge in [-0.15, -0.1) is 0 Å². The molecular formula is C14H20N4O. The van der Waals surface area contributed by atoms with Crippen LogP contribution in [0.25, 0.3) is 5.65 Å². The quantitative estimate of drug-likeness (QED) is 0.878. The fraction of sp³-hybridized carbons (Fsp3) is 0.500. The molecule has 2 aromatic heterocycles. The molecule has 0 radical (unpaired) electrons. The second kappa shape index (κ2) is 5.69. The zero-order valence-corrected chi connectivity index (χ0v) is 11.1. The molecule has 3 heterocycles. The first kappa shape index (κ1) is 12.6. The van der Waals surface area contributed by atoms with Crippen LogP contribution in [0.15, 0.2) is 24.5 Å². The molecule has 0 spiro atoms. The van der Waals surface area contributed by atoms with Crippen LogP contribution in [0.1, 0.15) is 11.3 Å².